The zero-order chi connectivity index (χ0) is 11.4. The van der Waals surface area contributed by atoms with Crippen molar-refractivity contribution in [2.75, 3.05) is 0 Å². The number of carboxylic acids is 2. The van der Waals surface area contributed by atoms with Crippen LogP contribution in [0.15, 0.2) is 18.2 Å². The van der Waals surface area contributed by atoms with Crippen molar-refractivity contribution in [3.8, 4) is 11.8 Å². The van der Waals surface area contributed by atoms with Gasteiger partial charge in [0.15, 0.2) is 0 Å². The van der Waals surface area contributed by atoms with Crippen molar-refractivity contribution in [3.05, 3.63) is 34.9 Å². The molecular formula is C11H8O4. The molecule has 0 saturated carbocycles. The topological polar surface area (TPSA) is 74.6 Å². The molecule has 4 heteroatoms. The van der Waals surface area contributed by atoms with Crippen LogP contribution < -0.4 is 0 Å². The Balaban J connectivity index is 3.37. The Morgan fingerprint density at radius 2 is 1.87 bits per heavy atom. The molecule has 0 aromatic heterocycles. The van der Waals surface area contributed by atoms with Gasteiger partial charge in [0, 0.05) is 5.56 Å². The fourth-order valence-corrected chi connectivity index (χ4v) is 1.10. The molecule has 0 bridgehead atoms. The highest BCUT2D eigenvalue weighted by molar-refractivity contribution is 5.94. The average Bonchev–Trinajstić information content (AvgIpc) is 2.17. The van der Waals surface area contributed by atoms with Crippen LogP contribution in [0.25, 0.3) is 0 Å². The van der Waals surface area contributed by atoms with Crippen molar-refractivity contribution in [3.63, 3.8) is 0 Å². The quantitative estimate of drug-likeness (QED) is 0.715. The molecule has 0 radical (unpaired) electrons. The monoisotopic (exact) mass is 204 g/mol. The van der Waals surface area contributed by atoms with Crippen molar-refractivity contribution in [1.29, 1.82) is 0 Å². The molecule has 0 amide bonds. The minimum Gasteiger partial charge on any atom is -0.478 e. The van der Waals surface area contributed by atoms with Crippen LogP contribution in [-0.2, 0) is 0 Å². The molecule has 0 aliphatic carbocycles. The summed E-state index contributed by atoms with van der Waals surface area (Å²) in [6, 6.07) is 3.74. The fraction of sp³-hybridized carbons (Fsp3) is 0.0909. The first-order valence-electron chi connectivity index (χ1n) is 4.09. The molecule has 0 heterocycles. The predicted molar refractivity (Wildman–Crippen MR) is 52.9 cm³/mol. The van der Waals surface area contributed by atoms with E-state index in [1.165, 1.54) is 18.2 Å². The zero-order valence-corrected chi connectivity index (χ0v) is 7.94. The molecule has 2 N–H and O–H groups in total. The zero-order valence-electron chi connectivity index (χ0n) is 7.94. The van der Waals surface area contributed by atoms with E-state index in [0.29, 0.717) is 0 Å². The molecule has 15 heavy (non-hydrogen) atoms. The molecule has 4 nitrogen and oxygen atoms in total. The van der Waals surface area contributed by atoms with Crippen molar-refractivity contribution in [2.45, 2.75) is 6.92 Å². The summed E-state index contributed by atoms with van der Waals surface area (Å²) in [6.45, 7) is 1.55. The number of rotatable bonds is 2. The lowest BCUT2D eigenvalue weighted by atomic mass is 10.0. The molecule has 76 valence electrons. The second kappa shape index (κ2) is 4.29. The van der Waals surface area contributed by atoms with Crippen LogP contribution >= 0.6 is 0 Å². The van der Waals surface area contributed by atoms with Crippen LogP contribution in [0.4, 0.5) is 0 Å². The number of hydrogen-bond donors (Lipinski definition) is 2. The van der Waals surface area contributed by atoms with Crippen LogP contribution in [0, 0.1) is 11.8 Å². The van der Waals surface area contributed by atoms with E-state index >= 15 is 0 Å². The first kappa shape index (κ1) is 10.8. The molecule has 1 aromatic carbocycles. The second-order valence-corrected chi connectivity index (χ2v) is 2.75. The Morgan fingerprint density at radius 1 is 1.20 bits per heavy atom. The van der Waals surface area contributed by atoms with Crippen LogP contribution in [0.5, 0.6) is 0 Å². The lowest BCUT2D eigenvalue weighted by Crippen LogP contribution is -2.03. The Morgan fingerprint density at radius 3 is 2.33 bits per heavy atom. The molecular weight excluding hydrogens is 196 g/mol. The van der Waals surface area contributed by atoms with Crippen molar-refractivity contribution >= 4 is 11.9 Å². The molecule has 1 aromatic rings. The Labute approximate surface area is 86.2 Å². The van der Waals surface area contributed by atoms with Gasteiger partial charge in [0.1, 0.15) is 0 Å². The third kappa shape index (κ3) is 2.35. The third-order valence-electron chi connectivity index (χ3n) is 1.76. The van der Waals surface area contributed by atoms with Gasteiger partial charge in [-0.05, 0) is 25.1 Å². The van der Waals surface area contributed by atoms with Gasteiger partial charge < -0.3 is 10.2 Å². The highest BCUT2D eigenvalue weighted by Gasteiger charge is 2.11. The largest absolute Gasteiger partial charge is 0.478 e. The summed E-state index contributed by atoms with van der Waals surface area (Å²) in [5.41, 5.74) is 0.247. The minimum atomic E-state index is -1.12. The molecule has 0 aliphatic heterocycles. The molecule has 0 unspecified atom stereocenters. The SMILES string of the molecule is CC#Cc1cc(C(=O)O)ccc1C(=O)O. The smallest absolute Gasteiger partial charge is 0.336 e. The van der Waals surface area contributed by atoms with Crippen molar-refractivity contribution in [1.82, 2.24) is 0 Å². The minimum absolute atomic E-state index is 0.00866. The van der Waals surface area contributed by atoms with Gasteiger partial charge in [0.25, 0.3) is 0 Å². The van der Waals surface area contributed by atoms with E-state index in [1.54, 1.807) is 6.92 Å². The van der Waals surface area contributed by atoms with Gasteiger partial charge in [-0.3, -0.25) is 0 Å². The highest BCUT2D eigenvalue weighted by Crippen LogP contribution is 2.11. The fourth-order valence-electron chi connectivity index (χ4n) is 1.10. The highest BCUT2D eigenvalue weighted by atomic mass is 16.4. The summed E-state index contributed by atoms with van der Waals surface area (Å²) < 4.78 is 0. The molecule has 0 saturated heterocycles. The summed E-state index contributed by atoms with van der Waals surface area (Å²) in [6.07, 6.45) is 0. The van der Waals surface area contributed by atoms with Crippen molar-refractivity contribution in [2.24, 2.45) is 0 Å². The van der Waals surface area contributed by atoms with Gasteiger partial charge in [0.2, 0.25) is 0 Å². The second-order valence-electron chi connectivity index (χ2n) is 2.75. The number of carboxylic acid groups (broad SMARTS) is 2. The molecule has 0 fully saturated rings. The number of carbonyl (C=O) groups is 2. The number of aromatic carboxylic acids is 2. The van der Waals surface area contributed by atoms with Gasteiger partial charge in [-0.2, -0.15) is 0 Å². The van der Waals surface area contributed by atoms with Crippen LogP contribution in [0.1, 0.15) is 33.2 Å². The summed E-state index contributed by atoms with van der Waals surface area (Å²) in [4.78, 5) is 21.4. The van der Waals surface area contributed by atoms with E-state index in [4.69, 9.17) is 10.2 Å². The predicted octanol–water partition coefficient (Wildman–Crippen LogP) is 1.45. The number of hydrogen-bond acceptors (Lipinski definition) is 2. The van der Waals surface area contributed by atoms with Crippen LogP contribution in [0.2, 0.25) is 0 Å². The van der Waals surface area contributed by atoms with Gasteiger partial charge in [-0.15, -0.1) is 5.92 Å². The normalized spacial score (nSPS) is 8.87. The molecule has 0 spiro atoms. The van der Waals surface area contributed by atoms with E-state index in [2.05, 4.69) is 11.8 Å². The van der Waals surface area contributed by atoms with Gasteiger partial charge in [-0.25, -0.2) is 9.59 Å². The maximum atomic E-state index is 10.8. The molecule has 0 atom stereocenters. The maximum absolute atomic E-state index is 10.8. The van der Waals surface area contributed by atoms with Crippen molar-refractivity contribution < 1.29 is 19.8 Å². The van der Waals surface area contributed by atoms with E-state index in [9.17, 15) is 9.59 Å². The summed E-state index contributed by atoms with van der Waals surface area (Å²) in [5.74, 6) is 2.87. The van der Waals surface area contributed by atoms with Crippen LogP contribution in [0.3, 0.4) is 0 Å². The summed E-state index contributed by atoms with van der Waals surface area (Å²) >= 11 is 0. The third-order valence-corrected chi connectivity index (χ3v) is 1.76. The van der Waals surface area contributed by atoms with Gasteiger partial charge in [-0.1, -0.05) is 5.92 Å². The van der Waals surface area contributed by atoms with E-state index in [-0.39, 0.29) is 16.7 Å². The standard InChI is InChI=1S/C11H8O4/c1-2-3-7-6-8(10(12)13)4-5-9(7)11(14)15/h4-6H,1H3,(H,12,13)(H,14,15). The Kier molecular flexibility index (Phi) is 3.09. The lowest BCUT2D eigenvalue weighted by molar-refractivity contribution is 0.0681. The van der Waals surface area contributed by atoms with Gasteiger partial charge >= 0.3 is 11.9 Å². The lowest BCUT2D eigenvalue weighted by Gasteiger charge is -2.00. The van der Waals surface area contributed by atoms with E-state index in [0.717, 1.165) is 0 Å². The maximum Gasteiger partial charge on any atom is 0.336 e. The van der Waals surface area contributed by atoms with Gasteiger partial charge in [0.05, 0.1) is 11.1 Å². The van der Waals surface area contributed by atoms with E-state index < -0.39 is 11.9 Å². The number of benzene rings is 1. The molecule has 1 rings (SSSR count). The Bertz CT molecular complexity index is 477. The first-order valence-corrected chi connectivity index (χ1v) is 4.09. The molecule has 0 aliphatic rings. The summed E-state index contributed by atoms with van der Waals surface area (Å²) in [7, 11) is 0. The summed E-state index contributed by atoms with van der Waals surface area (Å²) in [5, 5.41) is 17.5. The van der Waals surface area contributed by atoms with Crippen LogP contribution in [-0.4, -0.2) is 22.2 Å². The Hall–Kier alpha value is -2.28. The van der Waals surface area contributed by atoms with E-state index in [1.807, 2.05) is 0 Å². The first-order chi connectivity index (χ1) is 7.06. The average molecular weight is 204 g/mol.